The fraction of sp³-hybridized carbons (Fsp3) is 0.286. The number of hydrogen-bond acceptors (Lipinski definition) is 3. The van der Waals surface area contributed by atoms with Crippen molar-refractivity contribution < 1.29 is 9.18 Å². The lowest BCUT2D eigenvalue weighted by Gasteiger charge is -2.09. The minimum atomic E-state index is -0.261. The van der Waals surface area contributed by atoms with Crippen LogP contribution in [0.15, 0.2) is 48.5 Å². The van der Waals surface area contributed by atoms with E-state index in [0.717, 1.165) is 35.0 Å². The van der Waals surface area contributed by atoms with Crippen LogP contribution in [0.5, 0.6) is 0 Å². The molecular weight excluding hydrogens is 343 g/mol. The highest BCUT2D eigenvalue weighted by Gasteiger charge is 2.12. The van der Waals surface area contributed by atoms with Gasteiger partial charge >= 0.3 is 0 Å². The van der Waals surface area contributed by atoms with Gasteiger partial charge in [0.05, 0.1) is 0 Å². The van der Waals surface area contributed by atoms with Crippen molar-refractivity contribution in [3.8, 4) is 11.1 Å². The Morgan fingerprint density at radius 3 is 2.33 bits per heavy atom. The molecule has 1 atom stereocenters. The molecule has 2 aromatic carbocycles. The van der Waals surface area contributed by atoms with E-state index in [2.05, 4.69) is 17.2 Å². The standard InChI is InChI=1S/C18H18FN3O.C3H9N/c1-11(10-20)21-18(23)17-9-14-3-2-13(8-16(14)22-17)12-4-6-15(19)7-5-12;1-2-3-4/h2-9,11,22H,10,20H2,1H3,(H,21,23);2-4H2,1H3. The summed E-state index contributed by atoms with van der Waals surface area (Å²) in [7, 11) is 0. The molecule has 1 heterocycles. The minimum absolute atomic E-state index is 0.0799. The lowest BCUT2D eigenvalue weighted by atomic mass is 10.0. The fourth-order valence-corrected chi connectivity index (χ4v) is 2.43. The summed E-state index contributed by atoms with van der Waals surface area (Å²) in [5.41, 5.74) is 13.8. The van der Waals surface area contributed by atoms with E-state index in [9.17, 15) is 9.18 Å². The molecule has 5 nitrogen and oxygen atoms in total. The van der Waals surface area contributed by atoms with Crippen LogP contribution in [0, 0.1) is 5.82 Å². The number of fused-ring (bicyclic) bond motifs is 1. The van der Waals surface area contributed by atoms with Crippen LogP contribution in [-0.4, -0.2) is 30.0 Å². The summed E-state index contributed by atoms with van der Waals surface area (Å²) in [5.74, 6) is -0.440. The van der Waals surface area contributed by atoms with Crippen LogP contribution in [0.25, 0.3) is 22.0 Å². The van der Waals surface area contributed by atoms with Gasteiger partial charge in [0, 0.05) is 23.5 Å². The Hall–Kier alpha value is -2.70. The van der Waals surface area contributed by atoms with Gasteiger partial charge in [-0.15, -0.1) is 0 Å². The number of aromatic nitrogens is 1. The average Bonchev–Trinajstić information content (AvgIpc) is 3.12. The summed E-state index contributed by atoms with van der Waals surface area (Å²) in [5, 5.41) is 3.77. The van der Waals surface area contributed by atoms with Gasteiger partial charge in [0.2, 0.25) is 0 Å². The van der Waals surface area contributed by atoms with Crippen LogP contribution in [-0.2, 0) is 0 Å². The maximum absolute atomic E-state index is 13.0. The molecule has 27 heavy (non-hydrogen) atoms. The average molecular weight is 370 g/mol. The number of carbonyl (C=O) groups excluding carboxylic acids is 1. The van der Waals surface area contributed by atoms with E-state index in [4.69, 9.17) is 11.5 Å². The molecule has 1 amide bonds. The van der Waals surface area contributed by atoms with Gasteiger partial charge in [0.1, 0.15) is 11.5 Å². The summed E-state index contributed by atoms with van der Waals surface area (Å²) in [6, 6.07) is 13.9. The Labute approximate surface area is 158 Å². The third-order valence-corrected chi connectivity index (χ3v) is 4.06. The normalized spacial score (nSPS) is 11.6. The van der Waals surface area contributed by atoms with E-state index in [1.54, 1.807) is 12.1 Å². The molecule has 0 spiro atoms. The number of nitrogens with two attached hydrogens (primary N) is 2. The van der Waals surface area contributed by atoms with Crippen molar-refractivity contribution in [2.45, 2.75) is 26.3 Å². The summed E-state index contributed by atoms with van der Waals surface area (Å²) < 4.78 is 13.0. The summed E-state index contributed by atoms with van der Waals surface area (Å²) in [6.45, 7) is 5.12. The van der Waals surface area contributed by atoms with Crippen molar-refractivity contribution in [1.82, 2.24) is 10.3 Å². The molecule has 3 rings (SSSR count). The van der Waals surface area contributed by atoms with Crippen molar-refractivity contribution in [3.63, 3.8) is 0 Å². The maximum Gasteiger partial charge on any atom is 0.267 e. The number of rotatable bonds is 5. The predicted octanol–water partition coefficient (Wildman–Crippen LogP) is 3.41. The third-order valence-electron chi connectivity index (χ3n) is 4.06. The number of H-pyrrole nitrogens is 1. The molecule has 0 fully saturated rings. The zero-order valence-electron chi connectivity index (χ0n) is 15.8. The zero-order valence-corrected chi connectivity index (χ0v) is 15.8. The summed E-state index contributed by atoms with van der Waals surface area (Å²) in [6.07, 6.45) is 1.10. The number of hydrogen-bond donors (Lipinski definition) is 4. The second kappa shape index (κ2) is 9.85. The van der Waals surface area contributed by atoms with Crippen LogP contribution in [0.4, 0.5) is 4.39 Å². The minimum Gasteiger partial charge on any atom is -0.351 e. The lowest BCUT2D eigenvalue weighted by Crippen LogP contribution is -2.37. The molecule has 1 aromatic heterocycles. The van der Waals surface area contributed by atoms with Gasteiger partial charge in [-0.25, -0.2) is 4.39 Å². The van der Waals surface area contributed by atoms with Gasteiger partial charge < -0.3 is 21.8 Å². The molecule has 0 bridgehead atoms. The number of amides is 1. The summed E-state index contributed by atoms with van der Waals surface area (Å²) >= 11 is 0. The third kappa shape index (κ3) is 5.64. The zero-order chi connectivity index (χ0) is 19.8. The monoisotopic (exact) mass is 370 g/mol. The largest absolute Gasteiger partial charge is 0.351 e. The molecule has 144 valence electrons. The fourth-order valence-electron chi connectivity index (χ4n) is 2.43. The molecule has 1 unspecified atom stereocenters. The number of benzene rings is 2. The smallest absolute Gasteiger partial charge is 0.267 e. The molecule has 6 heteroatoms. The van der Waals surface area contributed by atoms with E-state index in [1.165, 1.54) is 12.1 Å². The molecule has 0 radical (unpaired) electrons. The number of carbonyl (C=O) groups is 1. The predicted molar refractivity (Wildman–Crippen MR) is 109 cm³/mol. The first kappa shape index (κ1) is 20.6. The first-order chi connectivity index (χ1) is 13.0. The van der Waals surface area contributed by atoms with Crippen molar-refractivity contribution in [2.24, 2.45) is 11.5 Å². The Morgan fingerprint density at radius 2 is 1.74 bits per heavy atom. The van der Waals surface area contributed by atoms with Crippen LogP contribution >= 0.6 is 0 Å². The van der Waals surface area contributed by atoms with E-state index >= 15 is 0 Å². The van der Waals surface area contributed by atoms with Crippen molar-refractivity contribution in [2.75, 3.05) is 13.1 Å². The highest BCUT2D eigenvalue weighted by molar-refractivity contribution is 5.99. The molecular formula is C21H27FN4O. The van der Waals surface area contributed by atoms with Crippen LogP contribution < -0.4 is 16.8 Å². The summed E-state index contributed by atoms with van der Waals surface area (Å²) in [4.78, 5) is 15.3. The second-order valence-electron chi connectivity index (χ2n) is 6.39. The van der Waals surface area contributed by atoms with Crippen molar-refractivity contribution >= 4 is 16.8 Å². The Kier molecular flexibility index (Phi) is 7.52. The number of halogens is 1. The lowest BCUT2D eigenvalue weighted by molar-refractivity contribution is 0.0937. The van der Waals surface area contributed by atoms with Gasteiger partial charge in [-0.05, 0) is 55.3 Å². The number of nitrogens with one attached hydrogen (secondary N) is 2. The second-order valence-corrected chi connectivity index (χ2v) is 6.39. The maximum atomic E-state index is 13.0. The van der Waals surface area contributed by atoms with Crippen LogP contribution in [0.1, 0.15) is 30.8 Å². The highest BCUT2D eigenvalue weighted by atomic mass is 19.1. The van der Waals surface area contributed by atoms with E-state index in [-0.39, 0.29) is 17.8 Å². The topological polar surface area (TPSA) is 96.9 Å². The molecule has 0 saturated carbocycles. The highest BCUT2D eigenvalue weighted by Crippen LogP contribution is 2.25. The molecule has 3 aromatic rings. The van der Waals surface area contributed by atoms with E-state index < -0.39 is 0 Å². The Balaban J connectivity index is 0.000000596. The van der Waals surface area contributed by atoms with E-state index in [1.807, 2.05) is 31.2 Å². The van der Waals surface area contributed by atoms with Gasteiger partial charge in [-0.1, -0.05) is 31.2 Å². The van der Waals surface area contributed by atoms with Crippen LogP contribution in [0.3, 0.4) is 0 Å². The van der Waals surface area contributed by atoms with Gasteiger partial charge in [-0.3, -0.25) is 4.79 Å². The molecule has 0 aliphatic carbocycles. The first-order valence-electron chi connectivity index (χ1n) is 9.08. The van der Waals surface area contributed by atoms with Gasteiger partial charge in [0.25, 0.3) is 5.91 Å². The molecule has 0 aliphatic rings. The van der Waals surface area contributed by atoms with Gasteiger partial charge in [0.15, 0.2) is 0 Å². The molecule has 6 N–H and O–H groups in total. The van der Waals surface area contributed by atoms with Crippen LogP contribution in [0.2, 0.25) is 0 Å². The Bertz CT molecular complexity index is 872. The molecule has 0 aliphatic heterocycles. The van der Waals surface area contributed by atoms with Crippen molar-refractivity contribution in [1.29, 1.82) is 0 Å². The van der Waals surface area contributed by atoms with Crippen molar-refractivity contribution in [3.05, 3.63) is 60.0 Å². The number of aromatic amines is 1. The first-order valence-corrected chi connectivity index (χ1v) is 9.08. The SMILES string of the molecule is CC(CN)NC(=O)c1cc2ccc(-c3ccc(F)cc3)cc2[nH]1.CCCN. The van der Waals surface area contributed by atoms with Gasteiger partial charge in [-0.2, -0.15) is 0 Å². The van der Waals surface area contributed by atoms with E-state index in [0.29, 0.717) is 12.2 Å². The Morgan fingerprint density at radius 1 is 1.11 bits per heavy atom. The molecule has 0 saturated heterocycles. The quantitative estimate of drug-likeness (QED) is 0.554.